The van der Waals surface area contributed by atoms with Crippen molar-refractivity contribution in [2.24, 2.45) is 0 Å². The maximum Gasteiger partial charge on any atom is 0.252 e. The summed E-state index contributed by atoms with van der Waals surface area (Å²) in [7, 11) is 0. The molecule has 1 atom stereocenters. The Morgan fingerprint density at radius 3 is 2.67 bits per heavy atom. The second-order valence-corrected chi connectivity index (χ2v) is 5.17. The number of benzene rings is 1. The first-order valence-corrected chi connectivity index (χ1v) is 6.98. The number of likely N-dealkylation sites (tertiary alicyclic amines) is 1. The van der Waals surface area contributed by atoms with E-state index in [1.807, 2.05) is 0 Å². The number of hydrogen-bond donors (Lipinski definition) is 1. The van der Waals surface area contributed by atoms with Crippen molar-refractivity contribution in [3.63, 3.8) is 0 Å². The summed E-state index contributed by atoms with van der Waals surface area (Å²) in [6.45, 7) is 5.72. The van der Waals surface area contributed by atoms with Gasteiger partial charge in [0.1, 0.15) is 6.04 Å². The number of carbonyl (C=O) groups excluding carboxylic acids is 2. The molecule has 0 radical (unpaired) electrons. The van der Waals surface area contributed by atoms with Gasteiger partial charge in [-0.1, -0.05) is 0 Å². The van der Waals surface area contributed by atoms with Gasteiger partial charge >= 0.3 is 0 Å². The molecule has 1 fully saturated rings. The van der Waals surface area contributed by atoms with Crippen LogP contribution in [0.2, 0.25) is 0 Å². The van der Waals surface area contributed by atoms with Crippen molar-refractivity contribution in [2.75, 3.05) is 11.9 Å². The fourth-order valence-corrected chi connectivity index (χ4v) is 2.37. The molecule has 6 heteroatoms. The minimum absolute atomic E-state index is 0.0891. The SMILES string of the molecule is CCOc1ccc(NC2CC(=O)N(C(C)C)C2=O)cc1F. The molecule has 114 valence electrons. The van der Waals surface area contributed by atoms with Gasteiger partial charge in [-0.25, -0.2) is 4.39 Å². The summed E-state index contributed by atoms with van der Waals surface area (Å²) < 4.78 is 18.9. The molecule has 1 aromatic rings. The lowest BCUT2D eigenvalue weighted by Gasteiger charge is -2.19. The third-order valence-corrected chi connectivity index (χ3v) is 3.27. The van der Waals surface area contributed by atoms with E-state index in [0.29, 0.717) is 12.3 Å². The van der Waals surface area contributed by atoms with Gasteiger partial charge in [0.15, 0.2) is 11.6 Å². The average molecular weight is 294 g/mol. The predicted molar refractivity (Wildman–Crippen MR) is 76.6 cm³/mol. The van der Waals surface area contributed by atoms with Crippen molar-refractivity contribution in [2.45, 2.75) is 39.3 Å². The lowest BCUT2D eigenvalue weighted by Crippen LogP contribution is -2.39. The summed E-state index contributed by atoms with van der Waals surface area (Å²) in [4.78, 5) is 25.2. The summed E-state index contributed by atoms with van der Waals surface area (Å²) in [6.07, 6.45) is 0.0891. The molecular formula is C15H19FN2O3. The zero-order chi connectivity index (χ0) is 15.6. The molecule has 0 saturated carbocycles. The van der Waals surface area contributed by atoms with Gasteiger partial charge in [-0.05, 0) is 32.9 Å². The minimum Gasteiger partial charge on any atom is -0.491 e. The monoisotopic (exact) mass is 294 g/mol. The van der Waals surface area contributed by atoms with E-state index < -0.39 is 11.9 Å². The van der Waals surface area contributed by atoms with E-state index in [0.717, 1.165) is 0 Å². The van der Waals surface area contributed by atoms with E-state index in [1.165, 1.54) is 17.0 Å². The van der Waals surface area contributed by atoms with Crippen molar-refractivity contribution in [3.8, 4) is 5.75 Å². The van der Waals surface area contributed by atoms with E-state index in [1.54, 1.807) is 26.8 Å². The number of carbonyl (C=O) groups is 2. The highest BCUT2D eigenvalue weighted by Gasteiger charge is 2.39. The molecule has 1 aliphatic rings. The quantitative estimate of drug-likeness (QED) is 0.846. The number of rotatable bonds is 5. The number of nitrogens with zero attached hydrogens (tertiary/aromatic N) is 1. The van der Waals surface area contributed by atoms with Crippen molar-refractivity contribution in [3.05, 3.63) is 24.0 Å². The number of amides is 2. The van der Waals surface area contributed by atoms with E-state index in [9.17, 15) is 14.0 Å². The van der Waals surface area contributed by atoms with Crippen molar-refractivity contribution < 1.29 is 18.7 Å². The fraction of sp³-hybridized carbons (Fsp3) is 0.467. The van der Waals surface area contributed by atoms with Gasteiger partial charge in [0, 0.05) is 17.8 Å². The molecule has 0 bridgehead atoms. The number of halogens is 1. The Morgan fingerprint density at radius 1 is 1.43 bits per heavy atom. The molecule has 1 N–H and O–H groups in total. The molecule has 1 aromatic carbocycles. The summed E-state index contributed by atoms with van der Waals surface area (Å²) in [5.74, 6) is -0.816. The minimum atomic E-state index is -0.641. The molecule has 1 unspecified atom stereocenters. The van der Waals surface area contributed by atoms with Crippen LogP contribution in [0.4, 0.5) is 10.1 Å². The van der Waals surface area contributed by atoms with Crippen LogP contribution in [-0.2, 0) is 9.59 Å². The van der Waals surface area contributed by atoms with Crippen LogP contribution in [0.15, 0.2) is 18.2 Å². The van der Waals surface area contributed by atoms with Crippen LogP contribution in [0.25, 0.3) is 0 Å². The molecule has 1 aliphatic heterocycles. The van der Waals surface area contributed by atoms with E-state index in [4.69, 9.17) is 4.74 Å². The van der Waals surface area contributed by atoms with Gasteiger partial charge in [-0.2, -0.15) is 0 Å². The lowest BCUT2D eigenvalue weighted by molar-refractivity contribution is -0.140. The van der Waals surface area contributed by atoms with Crippen LogP contribution < -0.4 is 10.1 Å². The first-order chi connectivity index (χ1) is 9.93. The Kier molecular flexibility index (Phi) is 4.45. The zero-order valence-electron chi connectivity index (χ0n) is 12.4. The first kappa shape index (κ1) is 15.3. The Balaban J connectivity index is 2.11. The Morgan fingerprint density at radius 2 is 2.14 bits per heavy atom. The molecule has 0 aromatic heterocycles. The first-order valence-electron chi connectivity index (χ1n) is 6.98. The van der Waals surface area contributed by atoms with Crippen LogP contribution in [0.1, 0.15) is 27.2 Å². The Labute approximate surface area is 123 Å². The maximum absolute atomic E-state index is 13.8. The topological polar surface area (TPSA) is 58.6 Å². The van der Waals surface area contributed by atoms with E-state index >= 15 is 0 Å². The Hall–Kier alpha value is -2.11. The molecule has 2 amide bonds. The largest absolute Gasteiger partial charge is 0.491 e. The van der Waals surface area contributed by atoms with E-state index in [-0.39, 0.29) is 30.0 Å². The number of hydrogen-bond acceptors (Lipinski definition) is 4. The number of nitrogens with one attached hydrogen (secondary N) is 1. The molecule has 21 heavy (non-hydrogen) atoms. The lowest BCUT2D eigenvalue weighted by atomic mass is 10.2. The zero-order valence-corrected chi connectivity index (χ0v) is 12.4. The number of anilines is 1. The molecule has 2 rings (SSSR count). The van der Waals surface area contributed by atoms with Crippen LogP contribution in [0.3, 0.4) is 0 Å². The van der Waals surface area contributed by atoms with Crippen LogP contribution in [0.5, 0.6) is 5.75 Å². The summed E-state index contributed by atoms with van der Waals surface area (Å²) in [5, 5.41) is 2.91. The smallest absolute Gasteiger partial charge is 0.252 e. The van der Waals surface area contributed by atoms with Gasteiger partial charge in [0.2, 0.25) is 5.91 Å². The molecule has 5 nitrogen and oxygen atoms in total. The third kappa shape index (κ3) is 3.15. The molecule has 0 aliphatic carbocycles. The third-order valence-electron chi connectivity index (χ3n) is 3.27. The fourth-order valence-electron chi connectivity index (χ4n) is 2.37. The highest BCUT2D eigenvalue weighted by atomic mass is 19.1. The van der Waals surface area contributed by atoms with Gasteiger partial charge in [0.25, 0.3) is 5.91 Å². The second kappa shape index (κ2) is 6.11. The van der Waals surface area contributed by atoms with Crippen molar-refractivity contribution in [1.29, 1.82) is 0 Å². The van der Waals surface area contributed by atoms with Crippen molar-refractivity contribution >= 4 is 17.5 Å². The van der Waals surface area contributed by atoms with Crippen LogP contribution >= 0.6 is 0 Å². The highest BCUT2D eigenvalue weighted by molar-refractivity contribution is 6.07. The standard InChI is InChI=1S/C15H19FN2O3/c1-4-21-13-6-5-10(7-11(13)16)17-12-8-14(19)18(9(2)3)15(12)20/h5-7,9,12,17H,4,8H2,1-3H3. The van der Waals surface area contributed by atoms with Crippen LogP contribution in [-0.4, -0.2) is 35.4 Å². The van der Waals surface area contributed by atoms with Gasteiger partial charge in [-0.15, -0.1) is 0 Å². The van der Waals surface area contributed by atoms with Gasteiger partial charge in [-0.3, -0.25) is 14.5 Å². The molecule has 0 spiro atoms. The average Bonchev–Trinajstić information content (AvgIpc) is 2.68. The second-order valence-electron chi connectivity index (χ2n) is 5.17. The normalized spacial score (nSPS) is 18.5. The highest BCUT2D eigenvalue weighted by Crippen LogP contribution is 2.24. The molecular weight excluding hydrogens is 275 g/mol. The van der Waals surface area contributed by atoms with Gasteiger partial charge in [0.05, 0.1) is 13.0 Å². The van der Waals surface area contributed by atoms with Gasteiger partial charge < -0.3 is 10.1 Å². The maximum atomic E-state index is 13.8. The summed E-state index contributed by atoms with van der Waals surface area (Å²) in [5.41, 5.74) is 0.452. The summed E-state index contributed by atoms with van der Waals surface area (Å²) >= 11 is 0. The predicted octanol–water partition coefficient (Wildman–Crippen LogP) is 2.17. The summed E-state index contributed by atoms with van der Waals surface area (Å²) in [6, 6.07) is 3.58. The molecule has 1 heterocycles. The number of imide groups is 1. The van der Waals surface area contributed by atoms with E-state index in [2.05, 4.69) is 5.32 Å². The molecule has 1 saturated heterocycles. The number of ether oxygens (including phenoxy) is 1. The van der Waals surface area contributed by atoms with Crippen molar-refractivity contribution in [1.82, 2.24) is 4.90 Å². The van der Waals surface area contributed by atoms with Crippen LogP contribution in [0, 0.1) is 5.82 Å². The Bertz CT molecular complexity index is 560.